The number of amides is 1. The Hall–Kier alpha value is -1.95. The second kappa shape index (κ2) is 4.56. The van der Waals surface area contributed by atoms with Gasteiger partial charge in [0.15, 0.2) is 0 Å². The van der Waals surface area contributed by atoms with E-state index in [1.165, 1.54) is 25.9 Å². The highest BCUT2D eigenvalue weighted by Gasteiger charge is 2.35. The van der Waals surface area contributed by atoms with Gasteiger partial charge in [-0.05, 0) is 37.9 Å². The third kappa shape index (κ3) is 1.96. The number of pyridine rings is 1. The highest BCUT2D eigenvalue weighted by atomic mass is 16.2. The summed E-state index contributed by atoms with van der Waals surface area (Å²) in [5.41, 5.74) is 2.07. The average Bonchev–Trinajstić information content (AvgIpc) is 2.96. The number of carbonyl (C=O) groups is 1. The van der Waals surface area contributed by atoms with E-state index in [0.29, 0.717) is 11.6 Å². The van der Waals surface area contributed by atoms with E-state index < -0.39 is 0 Å². The van der Waals surface area contributed by atoms with Gasteiger partial charge in [0.25, 0.3) is 5.91 Å². The fourth-order valence-electron chi connectivity index (χ4n) is 3.33. The van der Waals surface area contributed by atoms with Crippen LogP contribution in [0, 0.1) is 5.92 Å². The van der Waals surface area contributed by atoms with Crippen LogP contribution in [0.3, 0.4) is 0 Å². The summed E-state index contributed by atoms with van der Waals surface area (Å²) in [6.07, 6.45) is 5.66. The average molecular weight is 271 g/mol. The molecule has 1 amide bonds. The van der Waals surface area contributed by atoms with E-state index in [2.05, 4.69) is 25.2 Å². The number of piperidine rings is 3. The molecule has 0 unspecified atom stereocenters. The number of hydrogen-bond acceptors (Lipinski definition) is 4. The van der Waals surface area contributed by atoms with E-state index in [1.807, 2.05) is 0 Å². The molecule has 1 atom stereocenters. The Morgan fingerprint density at radius 2 is 2.20 bits per heavy atom. The number of carbonyl (C=O) groups excluding carboxylic acids is 1. The molecule has 0 radical (unpaired) electrons. The van der Waals surface area contributed by atoms with Crippen LogP contribution >= 0.6 is 0 Å². The highest BCUT2D eigenvalue weighted by molar-refractivity contribution is 5.95. The number of fused-ring (bicyclic) bond motifs is 4. The Bertz CT molecular complexity index is 644. The number of rotatable bonds is 2. The van der Waals surface area contributed by atoms with Gasteiger partial charge in [-0.15, -0.1) is 0 Å². The number of H-pyrrole nitrogens is 1. The van der Waals surface area contributed by atoms with Gasteiger partial charge in [-0.25, -0.2) is 9.97 Å². The first kappa shape index (κ1) is 11.8. The van der Waals surface area contributed by atoms with E-state index in [4.69, 9.17) is 0 Å². The van der Waals surface area contributed by atoms with Gasteiger partial charge in [0.05, 0.1) is 23.6 Å². The molecule has 0 aliphatic carbocycles. The van der Waals surface area contributed by atoms with Gasteiger partial charge in [0, 0.05) is 12.6 Å². The SMILES string of the molecule is O=C(N[C@H]1CN2CCC1CC2)c1cc2nc[nH]c2cn1. The molecule has 0 spiro atoms. The van der Waals surface area contributed by atoms with Crippen molar-refractivity contribution in [1.82, 2.24) is 25.2 Å². The Morgan fingerprint density at radius 1 is 1.35 bits per heavy atom. The molecule has 2 bridgehead atoms. The Balaban J connectivity index is 1.52. The van der Waals surface area contributed by atoms with Gasteiger partial charge >= 0.3 is 0 Å². The Kier molecular flexibility index (Phi) is 2.70. The summed E-state index contributed by atoms with van der Waals surface area (Å²) in [6.45, 7) is 3.32. The van der Waals surface area contributed by atoms with Gasteiger partial charge in [-0.1, -0.05) is 0 Å². The lowest BCUT2D eigenvalue weighted by molar-refractivity contribution is 0.0618. The van der Waals surface area contributed by atoms with Crippen LogP contribution in [0.1, 0.15) is 23.3 Å². The van der Waals surface area contributed by atoms with Crippen molar-refractivity contribution in [3.63, 3.8) is 0 Å². The molecule has 6 heteroatoms. The van der Waals surface area contributed by atoms with E-state index in [-0.39, 0.29) is 11.9 Å². The molecule has 2 N–H and O–H groups in total. The molecule has 3 aliphatic rings. The number of aromatic amines is 1. The van der Waals surface area contributed by atoms with E-state index >= 15 is 0 Å². The van der Waals surface area contributed by atoms with Crippen molar-refractivity contribution in [3.8, 4) is 0 Å². The van der Waals surface area contributed by atoms with Gasteiger partial charge in [-0.3, -0.25) is 4.79 Å². The van der Waals surface area contributed by atoms with Crippen molar-refractivity contribution in [2.45, 2.75) is 18.9 Å². The fraction of sp³-hybridized carbons (Fsp3) is 0.500. The van der Waals surface area contributed by atoms with Crippen LogP contribution in [0.5, 0.6) is 0 Å². The van der Waals surface area contributed by atoms with Crippen molar-refractivity contribution in [2.24, 2.45) is 5.92 Å². The number of hydrogen-bond donors (Lipinski definition) is 2. The molecule has 0 aromatic carbocycles. The van der Waals surface area contributed by atoms with Crippen LogP contribution in [-0.2, 0) is 0 Å². The van der Waals surface area contributed by atoms with Crippen LogP contribution in [0.25, 0.3) is 11.0 Å². The second-order valence-corrected chi connectivity index (χ2v) is 5.71. The number of nitrogens with one attached hydrogen (secondary N) is 2. The maximum absolute atomic E-state index is 12.3. The third-order valence-electron chi connectivity index (χ3n) is 4.51. The Morgan fingerprint density at radius 3 is 2.95 bits per heavy atom. The van der Waals surface area contributed by atoms with Crippen molar-refractivity contribution in [3.05, 3.63) is 24.3 Å². The molecule has 3 fully saturated rings. The summed E-state index contributed by atoms with van der Waals surface area (Å²) in [7, 11) is 0. The predicted molar refractivity (Wildman–Crippen MR) is 74.3 cm³/mol. The van der Waals surface area contributed by atoms with Crippen LogP contribution in [0.4, 0.5) is 0 Å². The zero-order valence-electron chi connectivity index (χ0n) is 11.2. The molecule has 5 rings (SSSR count). The van der Waals surface area contributed by atoms with Gasteiger partial charge in [0.2, 0.25) is 0 Å². The fourth-order valence-corrected chi connectivity index (χ4v) is 3.33. The summed E-state index contributed by atoms with van der Waals surface area (Å²) < 4.78 is 0. The summed E-state index contributed by atoms with van der Waals surface area (Å²) >= 11 is 0. The van der Waals surface area contributed by atoms with Gasteiger partial charge in [0.1, 0.15) is 5.69 Å². The molecule has 0 saturated carbocycles. The van der Waals surface area contributed by atoms with E-state index in [1.54, 1.807) is 18.6 Å². The minimum absolute atomic E-state index is 0.0892. The smallest absolute Gasteiger partial charge is 0.270 e. The lowest BCUT2D eigenvalue weighted by atomic mass is 9.84. The number of nitrogens with zero attached hydrogens (tertiary/aromatic N) is 3. The van der Waals surface area contributed by atoms with Crippen molar-refractivity contribution >= 4 is 16.9 Å². The largest absolute Gasteiger partial charge is 0.346 e. The number of aromatic nitrogens is 3. The zero-order valence-corrected chi connectivity index (χ0v) is 11.2. The van der Waals surface area contributed by atoms with Crippen LogP contribution in [-0.4, -0.2) is 51.4 Å². The van der Waals surface area contributed by atoms with Crippen LogP contribution in [0.15, 0.2) is 18.6 Å². The summed E-state index contributed by atoms with van der Waals surface area (Å²) in [5.74, 6) is 0.534. The molecular weight excluding hydrogens is 254 g/mol. The standard InChI is InChI=1S/C14H17N5O/c20-14(11-5-10-12(6-15-11)17-8-16-10)18-13-7-19-3-1-9(13)2-4-19/h5-6,8-9,13H,1-4,7H2,(H,16,17)(H,18,20)/t13-/m0/s1. The van der Waals surface area contributed by atoms with Gasteiger partial charge in [-0.2, -0.15) is 0 Å². The summed E-state index contributed by atoms with van der Waals surface area (Å²) in [4.78, 5) is 26.1. The quantitative estimate of drug-likeness (QED) is 0.846. The first-order valence-electron chi connectivity index (χ1n) is 7.12. The normalized spacial score (nSPS) is 28.7. The molecule has 6 nitrogen and oxygen atoms in total. The third-order valence-corrected chi connectivity index (χ3v) is 4.51. The molecular formula is C14H17N5O. The summed E-state index contributed by atoms with van der Waals surface area (Å²) in [5, 5.41) is 3.14. The minimum Gasteiger partial charge on any atom is -0.346 e. The molecule has 20 heavy (non-hydrogen) atoms. The van der Waals surface area contributed by atoms with Crippen LogP contribution < -0.4 is 5.32 Å². The lowest BCUT2D eigenvalue weighted by Gasteiger charge is -2.44. The van der Waals surface area contributed by atoms with Gasteiger partial charge < -0.3 is 15.2 Å². The molecule has 3 aliphatic heterocycles. The first-order chi connectivity index (χ1) is 9.79. The minimum atomic E-state index is -0.0892. The monoisotopic (exact) mass is 271 g/mol. The maximum atomic E-state index is 12.3. The molecule has 2 aromatic rings. The molecule has 3 saturated heterocycles. The maximum Gasteiger partial charge on any atom is 0.270 e. The highest BCUT2D eigenvalue weighted by Crippen LogP contribution is 2.27. The summed E-state index contributed by atoms with van der Waals surface area (Å²) in [6, 6.07) is 2.00. The molecule has 5 heterocycles. The lowest BCUT2D eigenvalue weighted by Crippen LogP contribution is -2.57. The molecule has 2 aromatic heterocycles. The Labute approximate surface area is 116 Å². The van der Waals surface area contributed by atoms with Crippen molar-refractivity contribution in [2.75, 3.05) is 19.6 Å². The van der Waals surface area contributed by atoms with E-state index in [9.17, 15) is 4.79 Å². The second-order valence-electron chi connectivity index (χ2n) is 5.71. The topological polar surface area (TPSA) is 73.9 Å². The van der Waals surface area contributed by atoms with Crippen molar-refractivity contribution in [1.29, 1.82) is 0 Å². The zero-order chi connectivity index (χ0) is 13.5. The first-order valence-corrected chi connectivity index (χ1v) is 7.12. The predicted octanol–water partition coefficient (Wildman–Crippen LogP) is 0.782. The van der Waals surface area contributed by atoms with Crippen molar-refractivity contribution < 1.29 is 4.79 Å². The van der Waals surface area contributed by atoms with E-state index in [0.717, 1.165) is 17.6 Å². The number of imidazole rings is 1. The van der Waals surface area contributed by atoms with Crippen LogP contribution in [0.2, 0.25) is 0 Å². The molecule has 104 valence electrons.